The number of carbonyl (C=O) groups excluding carboxylic acids is 1. The van der Waals surface area contributed by atoms with Crippen LogP contribution in [0.3, 0.4) is 0 Å². The smallest absolute Gasteiger partial charge is 0.343 e. The van der Waals surface area contributed by atoms with Crippen LogP contribution in [0.1, 0.15) is 23.0 Å². The van der Waals surface area contributed by atoms with Crippen LogP contribution in [-0.2, 0) is 6.42 Å². The van der Waals surface area contributed by atoms with Crippen molar-refractivity contribution in [1.82, 2.24) is 4.98 Å². The number of esters is 1. The van der Waals surface area contributed by atoms with Crippen molar-refractivity contribution in [1.29, 1.82) is 0 Å². The lowest BCUT2D eigenvalue weighted by Gasteiger charge is -2.07. The van der Waals surface area contributed by atoms with Crippen molar-refractivity contribution in [2.24, 2.45) is 0 Å². The number of ether oxygens (including phenoxy) is 1. The molecule has 0 saturated carbocycles. The predicted molar refractivity (Wildman–Crippen MR) is 67.8 cm³/mol. The minimum absolute atomic E-state index is 0.0776. The number of aromatic amines is 1. The summed E-state index contributed by atoms with van der Waals surface area (Å²) in [5.41, 5.74) is 0.740. The van der Waals surface area contributed by atoms with E-state index in [0.29, 0.717) is 17.7 Å². The molecule has 0 atom stereocenters. The summed E-state index contributed by atoms with van der Waals surface area (Å²) >= 11 is 0. The summed E-state index contributed by atoms with van der Waals surface area (Å²) < 4.78 is 5.17. The number of hydrogen-bond acceptors (Lipinski definition) is 3. The molecule has 1 aromatic heterocycles. The number of pyridine rings is 1. The highest BCUT2D eigenvalue weighted by Gasteiger charge is 2.13. The number of aryl methyl sites for hydroxylation is 1. The third kappa shape index (κ3) is 2.48. The second-order valence-electron chi connectivity index (χ2n) is 3.76. The van der Waals surface area contributed by atoms with E-state index in [1.54, 1.807) is 30.5 Å². The Hall–Kier alpha value is -2.36. The van der Waals surface area contributed by atoms with Gasteiger partial charge in [0, 0.05) is 12.3 Å². The van der Waals surface area contributed by atoms with E-state index >= 15 is 0 Å². The van der Waals surface area contributed by atoms with E-state index in [2.05, 4.69) is 4.98 Å². The number of carbonyl (C=O) groups is 1. The molecule has 0 radical (unpaired) electrons. The van der Waals surface area contributed by atoms with Crippen molar-refractivity contribution in [2.75, 3.05) is 0 Å². The minimum Gasteiger partial charge on any atom is -0.417 e. The highest BCUT2D eigenvalue weighted by molar-refractivity contribution is 5.91. The van der Waals surface area contributed by atoms with Gasteiger partial charge >= 0.3 is 5.97 Å². The van der Waals surface area contributed by atoms with Crippen molar-refractivity contribution >= 4 is 5.97 Å². The van der Waals surface area contributed by atoms with Gasteiger partial charge in [0.25, 0.3) is 0 Å². The lowest BCUT2D eigenvalue weighted by Crippen LogP contribution is -2.16. The Labute approximate surface area is 104 Å². The Kier molecular flexibility index (Phi) is 3.57. The summed E-state index contributed by atoms with van der Waals surface area (Å²) in [6, 6.07) is 9.92. The highest BCUT2D eigenvalue weighted by Crippen LogP contribution is 2.12. The van der Waals surface area contributed by atoms with Crippen LogP contribution < -0.4 is 10.2 Å². The molecule has 18 heavy (non-hydrogen) atoms. The second kappa shape index (κ2) is 5.31. The van der Waals surface area contributed by atoms with Gasteiger partial charge in [-0.1, -0.05) is 25.1 Å². The molecule has 0 aliphatic carbocycles. The van der Waals surface area contributed by atoms with Gasteiger partial charge in [0.05, 0.1) is 11.3 Å². The summed E-state index contributed by atoms with van der Waals surface area (Å²) in [6.45, 7) is 1.88. The van der Waals surface area contributed by atoms with E-state index in [9.17, 15) is 9.59 Å². The van der Waals surface area contributed by atoms with Crippen molar-refractivity contribution < 1.29 is 9.53 Å². The molecule has 1 aromatic carbocycles. The second-order valence-corrected chi connectivity index (χ2v) is 3.76. The normalized spacial score (nSPS) is 10.1. The zero-order valence-corrected chi connectivity index (χ0v) is 9.97. The average molecular weight is 243 g/mol. The van der Waals surface area contributed by atoms with Crippen molar-refractivity contribution in [3.8, 4) is 5.75 Å². The van der Waals surface area contributed by atoms with Crippen molar-refractivity contribution in [3.63, 3.8) is 0 Å². The zero-order chi connectivity index (χ0) is 13.0. The van der Waals surface area contributed by atoms with Crippen molar-refractivity contribution in [3.05, 3.63) is 64.1 Å². The van der Waals surface area contributed by atoms with Gasteiger partial charge in [0.1, 0.15) is 0 Å². The molecule has 1 N–H and O–H groups in total. The van der Waals surface area contributed by atoms with E-state index in [-0.39, 0.29) is 11.2 Å². The minimum atomic E-state index is -0.526. The first-order valence-corrected chi connectivity index (χ1v) is 5.70. The SMILES string of the molecule is CCc1[nH]ccc(=O)c1OC(=O)c1ccccc1. The standard InChI is InChI=1S/C14H13NO3/c1-2-11-13(12(16)8-9-15-11)18-14(17)10-6-4-3-5-7-10/h3-9H,2H2,1H3,(H,15,16). The quantitative estimate of drug-likeness (QED) is 0.840. The largest absolute Gasteiger partial charge is 0.417 e. The van der Waals surface area contributed by atoms with Gasteiger partial charge in [-0.05, 0) is 18.6 Å². The summed E-state index contributed by atoms with van der Waals surface area (Å²) in [5.74, 6) is -0.448. The number of H-pyrrole nitrogens is 1. The summed E-state index contributed by atoms with van der Waals surface area (Å²) in [5, 5.41) is 0. The fraction of sp³-hybridized carbons (Fsp3) is 0.143. The molecule has 2 rings (SSSR count). The number of rotatable bonds is 3. The molecule has 0 unspecified atom stereocenters. The van der Waals surface area contributed by atoms with E-state index in [1.165, 1.54) is 6.07 Å². The maximum atomic E-state index is 11.9. The molecule has 1 heterocycles. The number of nitrogens with one attached hydrogen (secondary N) is 1. The zero-order valence-electron chi connectivity index (χ0n) is 9.97. The molecule has 92 valence electrons. The number of benzene rings is 1. The molecule has 0 aliphatic rings. The summed E-state index contributed by atoms with van der Waals surface area (Å²) in [4.78, 5) is 26.4. The van der Waals surface area contributed by atoms with E-state index in [0.717, 1.165) is 0 Å². The summed E-state index contributed by atoms with van der Waals surface area (Å²) in [7, 11) is 0. The molecule has 0 saturated heterocycles. The first-order chi connectivity index (χ1) is 8.72. The van der Waals surface area contributed by atoms with Crippen molar-refractivity contribution in [2.45, 2.75) is 13.3 Å². The van der Waals surface area contributed by atoms with E-state index in [1.807, 2.05) is 13.0 Å². The predicted octanol–water partition coefficient (Wildman–Crippen LogP) is 2.16. The van der Waals surface area contributed by atoms with Gasteiger partial charge in [0.15, 0.2) is 5.75 Å². The monoisotopic (exact) mass is 243 g/mol. The van der Waals surface area contributed by atoms with Gasteiger partial charge in [-0.3, -0.25) is 4.79 Å². The van der Waals surface area contributed by atoms with E-state index in [4.69, 9.17) is 4.74 Å². The summed E-state index contributed by atoms with van der Waals surface area (Å²) in [6.07, 6.45) is 2.13. The molecule has 0 bridgehead atoms. The molecule has 4 nitrogen and oxygen atoms in total. The Morgan fingerprint density at radius 3 is 2.61 bits per heavy atom. The molecule has 2 aromatic rings. The number of aromatic nitrogens is 1. The Morgan fingerprint density at radius 1 is 1.22 bits per heavy atom. The molecule has 0 amide bonds. The molecular weight excluding hydrogens is 230 g/mol. The third-order valence-electron chi connectivity index (χ3n) is 2.55. The molecule has 4 heteroatoms. The van der Waals surface area contributed by atoms with E-state index < -0.39 is 5.97 Å². The highest BCUT2D eigenvalue weighted by atomic mass is 16.5. The van der Waals surface area contributed by atoms with Crippen LogP contribution in [0.25, 0.3) is 0 Å². The Bertz CT molecular complexity index is 602. The van der Waals surface area contributed by atoms with Crippen LogP contribution in [0, 0.1) is 0 Å². The Balaban J connectivity index is 2.30. The van der Waals surface area contributed by atoms with Crippen LogP contribution in [0.5, 0.6) is 5.75 Å². The Morgan fingerprint density at radius 2 is 1.94 bits per heavy atom. The fourth-order valence-corrected chi connectivity index (χ4v) is 1.61. The van der Waals surface area contributed by atoms with Gasteiger partial charge in [-0.25, -0.2) is 4.79 Å². The fourth-order valence-electron chi connectivity index (χ4n) is 1.61. The van der Waals surface area contributed by atoms with Crippen LogP contribution in [-0.4, -0.2) is 11.0 Å². The first kappa shape index (κ1) is 12.1. The van der Waals surface area contributed by atoms with Gasteiger partial charge in [-0.15, -0.1) is 0 Å². The van der Waals surface area contributed by atoms with Crippen LogP contribution in [0.15, 0.2) is 47.4 Å². The van der Waals surface area contributed by atoms with Crippen LogP contribution >= 0.6 is 0 Å². The van der Waals surface area contributed by atoms with Crippen LogP contribution in [0.2, 0.25) is 0 Å². The molecular formula is C14H13NO3. The maximum absolute atomic E-state index is 11.9. The molecule has 0 aliphatic heterocycles. The molecule has 0 fully saturated rings. The first-order valence-electron chi connectivity index (χ1n) is 5.70. The topological polar surface area (TPSA) is 59.2 Å². The van der Waals surface area contributed by atoms with Gasteiger partial charge in [-0.2, -0.15) is 0 Å². The lowest BCUT2D eigenvalue weighted by atomic mass is 10.2. The van der Waals surface area contributed by atoms with Gasteiger partial charge in [0.2, 0.25) is 5.43 Å². The molecule has 0 spiro atoms. The lowest BCUT2D eigenvalue weighted by molar-refractivity contribution is 0.0730. The average Bonchev–Trinajstić information content (AvgIpc) is 2.42. The van der Waals surface area contributed by atoms with Gasteiger partial charge < -0.3 is 9.72 Å². The number of hydrogen-bond donors (Lipinski definition) is 1. The third-order valence-corrected chi connectivity index (χ3v) is 2.55. The van der Waals surface area contributed by atoms with Crippen LogP contribution in [0.4, 0.5) is 0 Å². The maximum Gasteiger partial charge on any atom is 0.343 e.